The molecule has 3 aromatic rings. The van der Waals surface area contributed by atoms with Gasteiger partial charge in [-0.05, 0) is 45.7 Å². The maximum Gasteiger partial charge on any atom is 0.223 e. The fraction of sp³-hybridized carbons (Fsp3) is 0.435. The van der Waals surface area contributed by atoms with Gasteiger partial charge in [0.05, 0.1) is 5.69 Å². The molecule has 0 saturated heterocycles. The Hall–Kier alpha value is -3.09. The Balaban J connectivity index is 1.49. The van der Waals surface area contributed by atoms with Crippen LogP contribution in [0.5, 0.6) is 11.5 Å². The number of hydrogen-bond donors (Lipinski definition) is 0. The zero-order valence-corrected chi connectivity index (χ0v) is 18.1. The lowest BCUT2D eigenvalue weighted by atomic mass is 10.1. The van der Waals surface area contributed by atoms with Gasteiger partial charge in [-0.15, -0.1) is 0 Å². The summed E-state index contributed by atoms with van der Waals surface area (Å²) in [6.45, 7) is 10.2. The molecule has 1 aromatic carbocycles. The monoisotopic (exact) mass is 408 g/mol. The third-order valence-electron chi connectivity index (χ3n) is 5.62. The highest BCUT2D eigenvalue weighted by atomic mass is 16.6. The van der Waals surface area contributed by atoms with Gasteiger partial charge < -0.3 is 14.4 Å². The van der Waals surface area contributed by atoms with Crippen LogP contribution in [0, 0.1) is 20.8 Å². The zero-order chi connectivity index (χ0) is 21.3. The molecule has 0 spiro atoms. The van der Waals surface area contributed by atoms with Crippen LogP contribution >= 0.6 is 0 Å². The van der Waals surface area contributed by atoms with E-state index in [0.717, 1.165) is 45.4 Å². The number of nitrogens with zero attached hydrogens (tertiary/aromatic N) is 4. The summed E-state index contributed by atoms with van der Waals surface area (Å²) in [6.07, 6.45) is 1.07. The Bertz CT molecular complexity index is 1090. The molecule has 30 heavy (non-hydrogen) atoms. The molecule has 7 nitrogen and oxygen atoms in total. The molecule has 1 amide bonds. The first-order chi connectivity index (χ1) is 14.5. The number of para-hydroxylation sites is 1. The van der Waals surface area contributed by atoms with Crippen LogP contribution in [0.25, 0.3) is 5.65 Å². The van der Waals surface area contributed by atoms with Gasteiger partial charge in [0.15, 0.2) is 17.1 Å². The Morgan fingerprint density at radius 2 is 2.00 bits per heavy atom. The van der Waals surface area contributed by atoms with Crippen LogP contribution in [0.3, 0.4) is 0 Å². The maximum atomic E-state index is 13.0. The van der Waals surface area contributed by atoms with Crippen molar-refractivity contribution in [2.24, 2.45) is 0 Å². The molecule has 3 heterocycles. The van der Waals surface area contributed by atoms with E-state index in [1.54, 1.807) is 0 Å². The second-order valence-electron chi connectivity index (χ2n) is 7.67. The molecule has 0 fully saturated rings. The van der Waals surface area contributed by atoms with E-state index in [1.165, 1.54) is 0 Å². The number of carbonyl (C=O) groups excluding carboxylic acids is 1. The van der Waals surface area contributed by atoms with Gasteiger partial charge in [0.1, 0.15) is 13.2 Å². The zero-order valence-electron chi connectivity index (χ0n) is 18.1. The first kappa shape index (κ1) is 20.2. The van der Waals surface area contributed by atoms with E-state index < -0.39 is 0 Å². The molecule has 7 heteroatoms. The second-order valence-corrected chi connectivity index (χ2v) is 7.67. The normalized spacial score (nSPS) is 12.9. The number of rotatable bonds is 6. The van der Waals surface area contributed by atoms with Gasteiger partial charge in [-0.2, -0.15) is 5.10 Å². The lowest BCUT2D eigenvalue weighted by Gasteiger charge is -2.25. The first-order valence-electron chi connectivity index (χ1n) is 10.5. The Labute approximate surface area is 176 Å². The summed E-state index contributed by atoms with van der Waals surface area (Å²) in [4.78, 5) is 19.5. The van der Waals surface area contributed by atoms with Crippen LogP contribution in [0.4, 0.5) is 0 Å². The van der Waals surface area contributed by atoms with Crippen LogP contribution in [0.1, 0.15) is 41.6 Å². The number of ether oxygens (including phenoxy) is 2. The average Bonchev–Trinajstić information content (AvgIpc) is 3.12. The highest BCUT2D eigenvalue weighted by Gasteiger charge is 2.20. The number of carbonyl (C=O) groups is 1. The summed E-state index contributed by atoms with van der Waals surface area (Å²) in [5.41, 5.74) is 5.85. The molecule has 0 N–H and O–H groups in total. The molecule has 0 radical (unpaired) electrons. The molecule has 1 aliphatic heterocycles. The molecule has 158 valence electrons. The molecule has 1 aliphatic rings. The largest absolute Gasteiger partial charge is 0.486 e. The Morgan fingerprint density at radius 3 is 2.80 bits per heavy atom. The fourth-order valence-electron chi connectivity index (χ4n) is 4.03. The van der Waals surface area contributed by atoms with Crippen molar-refractivity contribution in [2.45, 2.75) is 47.1 Å². The number of amides is 1. The molecule has 0 unspecified atom stereocenters. The third-order valence-corrected chi connectivity index (χ3v) is 5.62. The van der Waals surface area contributed by atoms with E-state index in [-0.39, 0.29) is 5.91 Å². The van der Waals surface area contributed by atoms with Crippen molar-refractivity contribution in [2.75, 3.05) is 19.8 Å². The molecule has 4 rings (SSSR count). The second kappa shape index (κ2) is 8.34. The van der Waals surface area contributed by atoms with Gasteiger partial charge in [-0.3, -0.25) is 4.79 Å². The van der Waals surface area contributed by atoms with Crippen LogP contribution in [-0.2, 0) is 17.8 Å². The van der Waals surface area contributed by atoms with E-state index >= 15 is 0 Å². The lowest BCUT2D eigenvalue weighted by Crippen LogP contribution is -2.31. The summed E-state index contributed by atoms with van der Waals surface area (Å²) in [5.74, 6) is 1.62. The van der Waals surface area contributed by atoms with Crippen molar-refractivity contribution in [3.05, 3.63) is 52.5 Å². The van der Waals surface area contributed by atoms with Gasteiger partial charge in [-0.25, -0.2) is 9.50 Å². The number of aromatic nitrogens is 3. The van der Waals surface area contributed by atoms with Gasteiger partial charge >= 0.3 is 0 Å². The molecule has 2 aromatic heterocycles. The minimum absolute atomic E-state index is 0.113. The van der Waals surface area contributed by atoms with E-state index in [0.29, 0.717) is 39.1 Å². The number of aryl methyl sites for hydroxylation is 3. The van der Waals surface area contributed by atoms with Crippen LogP contribution in [0.15, 0.2) is 24.3 Å². The summed E-state index contributed by atoms with van der Waals surface area (Å²) in [6, 6.07) is 7.82. The Morgan fingerprint density at radius 1 is 1.20 bits per heavy atom. The highest BCUT2D eigenvalue weighted by Crippen LogP contribution is 2.34. The topological polar surface area (TPSA) is 69.0 Å². The van der Waals surface area contributed by atoms with Crippen LogP contribution in [-0.4, -0.2) is 45.2 Å². The number of fused-ring (bicyclic) bond motifs is 2. The van der Waals surface area contributed by atoms with Gasteiger partial charge in [0.25, 0.3) is 0 Å². The van der Waals surface area contributed by atoms with Gasteiger partial charge in [0.2, 0.25) is 5.91 Å². The minimum atomic E-state index is 0.113. The average molecular weight is 409 g/mol. The van der Waals surface area contributed by atoms with Crippen molar-refractivity contribution in [3.63, 3.8) is 0 Å². The standard InChI is InChI=1S/C23H28N4O3/c1-5-26(14-18-7-6-8-20-23(18)30-12-11-29-20)22(28)10-9-19-16(3)24-21-13-15(2)25-27(21)17(19)4/h6-8,13H,5,9-12,14H2,1-4H3. The van der Waals surface area contributed by atoms with Crippen LogP contribution < -0.4 is 9.47 Å². The molecular weight excluding hydrogens is 380 g/mol. The fourth-order valence-corrected chi connectivity index (χ4v) is 4.03. The predicted molar refractivity (Wildman–Crippen MR) is 114 cm³/mol. The Kier molecular flexibility index (Phi) is 5.61. The summed E-state index contributed by atoms with van der Waals surface area (Å²) < 4.78 is 13.3. The first-order valence-corrected chi connectivity index (χ1v) is 10.5. The minimum Gasteiger partial charge on any atom is -0.486 e. The number of benzene rings is 1. The third kappa shape index (κ3) is 3.84. The van der Waals surface area contributed by atoms with Gasteiger partial charge in [-0.1, -0.05) is 12.1 Å². The van der Waals surface area contributed by atoms with Crippen molar-refractivity contribution < 1.29 is 14.3 Å². The van der Waals surface area contributed by atoms with Crippen molar-refractivity contribution in [3.8, 4) is 11.5 Å². The maximum absolute atomic E-state index is 13.0. The quantitative estimate of drug-likeness (QED) is 0.625. The SMILES string of the molecule is CCN(Cc1cccc2c1OCCO2)C(=O)CCc1c(C)nc2cc(C)nn2c1C. The van der Waals surface area contributed by atoms with Gasteiger partial charge in [0, 0.05) is 42.5 Å². The molecule has 0 bridgehead atoms. The summed E-state index contributed by atoms with van der Waals surface area (Å²) in [7, 11) is 0. The van der Waals surface area contributed by atoms with Crippen LogP contribution in [0.2, 0.25) is 0 Å². The van der Waals surface area contributed by atoms with Crippen molar-refractivity contribution in [1.82, 2.24) is 19.5 Å². The summed E-state index contributed by atoms with van der Waals surface area (Å²) in [5, 5.41) is 4.52. The van der Waals surface area contributed by atoms with E-state index in [9.17, 15) is 4.79 Å². The molecule has 0 saturated carbocycles. The van der Waals surface area contributed by atoms with E-state index in [1.807, 2.05) is 61.4 Å². The molecular formula is C23H28N4O3. The summed E-state index contributed by atoms with van der Waals surface area (Å²) >= 11 is 0. The van der Waals surface area contributed by atoms with Crippen molar-refractivity contribution in [1.29, 1.82) is 0 Å². The lowest BCUT2D eigenvalue weighted by molar-refractivity contribution is -0.131. The van der Waals surface area contributed by atoms with E-state index in [2.05, 4.69) is 10.1 Å². The van der Waals surface area contributed by atoms with E-state index in [4.69, 9.17) is 9.47 Å². The molecule has 0 aliphatic carbocycles. The molecule has 0 atom stereocenters. The number of hydrogen-bond acceptors (Lipinski definition) is 5. The highest BCUT2D eigenvalue weighted by molar-refractivity contribution is 5.76. The predicted octanol–water partition coefficient (Wildman–Crippen LogP) is 3.41. The van der Waals surface area contributed by atoms with Crippen molar-refractivity contribution >= 4 is 11.6 Å². The smallest absolute Gasteiger partial charge is 0.223 e.